The zero-order chi connectivity index (χ0) is 20.8. The molecule has 1 atom stereocenters. The van der Waals surface area contributed by atoms with E-state index < -0.39 is 17.0 Å². The van der Waals surface area contributed by atoms with Gasteiger partial charge in [0.25, 0.3) is 0 Å². The van der Waals surface area contributed by atoms with E-state index in [9.17, 15) is 5.11 Å². The summed E-state index contributed by atoms with van der Waals surface area (Å²) in [4.78, 5) is 4.36. The summed E-state index contributed by atoms with van der Waals surface area (Å²) in [5.74, 6) is 0.437. The van der Waals surface area contributed by atoms with Gasteiger partial charge in [-0.1, -0.05) is 53.6 Å². The number of aliphatic imine (C=N–C) groups is 1. The van der Waals surface area contributed by atoms with Crippen molar-refractivity contribution in [3.63, 3.8) is 0 Å². The Morgan fingerprint density at radius 1 is 1.15 bits per heavy atom. The van der Waals surface area contributed by atoms with E-state index >= 15 is 0 Å². The van der Waals surface area contributed by atoms with Crippen molar-refractivity contribution in [2.45, 2.75) is 47.0 Å². The summed E-state index contributed by atoms with van der Waals surface area (Å²) in [6.07, 6.45) is 0. The second kappa shape index (κ2) is 11.0. The van der Waals surface area contributed by atoms with Crippen molar-refractivity contribution in [2.24, 2.45) is 4.99 Å². The fourth-order valence-corrected chi connectivity index (χ4v) is 4.34. The number of hydrogen-bond acceptors (Lipinski definition) is 2. The zero-order valence-electron chi connectivity index (χ0n) is 17.0. The number of aromatic hydroxyl groups is 1. The first-order valence-electron chi connectivity index (χ1n) is 8.67. The van der Waals surface area contributed by atoms with Crippen molar-refractivity contribution in [1.82, 2.24) is 0 Å². The molecule has 0 bridgehead atoms. The van der Waals surface area contributed by atoms with Gasteiger partial charge >= 0.3 is 35.6 Å². The molecular formula is C21H28Cl2NOPTi. The van der Waals surface area contributed by atoms with E-state index in [-0.39, 0.29) is 5.41 Å². The van der Waals surface area contributed by atoms with E-state index in [2.05, 4.69) is 69.9 Å². The Morgan fingerprint density at radius 2 is 1.74 bits per heavy atom. The Labute approximate surface area is 182 Å². The summed E-state index contributed by atoms with van der Waals surface area (Å²) >= 11 is -0.556. The number of phenols is 1. The van der Waals surface area contributed by atoms with Crippen LogP contribution in [-0.4, -0.2) is 17.9 Å². The van der Waals surface area contributed by atoms with Gasteiger partial charge in [0.05, 0.1) is 0 Å². The summed E-state index contributed by atoms with van der Waals surface area (Å²) < 4.78 is 0. The average molecular weight is 460 g/mol. The molecule has 2 aromatic carbocycles. The quantitative estimate of drug-likeness (QED) is 0.353. The fourth-order valence-electron chi connectivity index (χ4n) is 2.84. The minimum atomic E-state index is -0.556. The molecule has 0 fully saturated rings. The summed E-state index contributed by atoms with van der Waals surface area (Å²) in [6, 6.07) is 10.5. The zero-order valence-corrected chi connectivity index (χ0v) is 21.1. The van der Waals surface area contributed by atoms with Crippen molar-refractivity contribution < 1.29 is 22.1 Å². The molecule has 1 unspecified atom stereocenters. The van der Waals surface area contributed by atoms with Gasteiger partial charge in [0.1, 0.15) is 5.75 Å². The molecule has 146 valence electrons. The number of aryl methyl sites for hydroxylation is 2. The summed E-state index contributed by atoms with van der Waals surface area (Å²) in [5.41, 5.74) is 5.58. The molecule has 0 saturated heterocycles. The van der Waals surface area contributed by atoms with Crippen LogP contribution < -0.4 is 10.6 Å². The molecule has 1 N–H and O–H groups in total. The van der Waals surface area contributed by atoms with E-state index in [1.807, 2.05) is 14.0 Å². The molecule has 27 heavy (non-hydrogen) atoms. The molecule has 0 aromatic heterocycles. The van der Waals surface area contributed by atoms with Crippen LogP contribution in [0.2, 0.25) is 0 Å². The van der Waals surface area contributed by atoms with Crippen LogP contribution in [-0.2, 0) is 22.4 Å². The first-order valence-corrected chi connectivity index (χ1v) is 14.0. The van der Waals surface area contributed by atoms with Gasteiger partial charge in [-0.3, -0.25) is 4.99 Å². The van der Waals surface area contributed by atoms with Gasteiger partial charge in [-0.2, -0.15) is 0 Å². The molecule has 0 heterocycles. The number of nitrogens with zero attached hydrogens (tertiary/aromatic N) is 1. The third kappa shape index (κ3) is 6.88. The van der Waals surface area contributed by atoms with Crippen LogP contribution >= 0.6 is 27.2 Å². The van der Waals surface area contributed by atoms with E-state index in [0.29, 0.717) is 14.3 Å². The normalized spacial score (nSPS) is 12.1. The van der Waals surface area contributed by atoms with Crippen molar-refractivity contribution in [1.29, 1.82) is 0 Å². The molecule has 0 saturated carbocycles. The number of phenolic OH excluding ortho intramolecular Hbond substituents is 1. The topological polar surface area (TPSA) is 32.6 Å². The minimum absolute atomic E-state index is 0.0787. The third-order valence-corrected chi connectivity index (χ3v) is 5.88. The van der Waals surface area contributed by atoms with Crippen molar-refractivity contribution in [3.05, 3.63) is 52.6 Å². The first kappa shape index (κ1) is 24.7. The predicted octanol–water partition coefficient (Wildman–Crippen LogP) is 5.75. The van der Waals surface area contributed by atoms with Crippen LogP contribution in [0.5, 0.6) is 5.75 Å². The molecule has 2 aromatic rings. The van der Waals surface area contributed by atoms with Crippen molar-refractivity contribution in [2.75, 3.05) is 7.05 Å². The van der Waals surface area contributed by atoms with E-state index in [1.165, 1.54) is 22.0 Å². The first-order chi connectivity index (χ1) is 12.6. The molecule has 0 amide bonds. The van der Waals surface area contributed by atoms with Crippen molar-refractivity contribution >= 4 is 43.5 Å². The van der Waals surface area contributed by atoms with Crippen LogP contribution in [0.15, 0.2) is 35.3 Å². The molecule has 0 aliphatic carbocycles. The van der Waals surface area contributed by atoms with E-state index in [4.69, 9.17) is 18.6 Å². The molecule has 0 aliphatic heterocycles. The standard InChI is InChI=1S/C21H28NOP.2ClH.Ti/c1-13-11-17(21(4,5)6)19(23)18(12-13)24-20-14(2)9-8-10-16(20)15(3)22-7;;;/h8-12,23-24H,1-7H3;2*1H;/q;;;+2/p-2. The predicted molar refractivity (Wildman–Crippen MR) is 120 cm³/mol. The van der Waals surface area contributed by atoms with Gasteiger partial charge in [0, 0.05) is 29.2 Å². The van der Waals surface area contributed by atoms with E-state index in [1.54, 1.807) is 0 Å². The summed E-state index contributed by atoms with van der Waals surface area (Å²) in [5, 5.41) is 13.1. The van der Waals surface area contributed by atoms with Gasteiger partial charge in [0.15, 0.2) is 0 Å². The SMILES string of the molecule is CN=C(C)c1cccc(C)c1Pc1cc(C)cc(C(C)(C)C)c1O.[Cl][Ti][Cl]. The van der Waals surface area contributed by atoms with Gasteiger partial charge < -0.3 is 5.11 Å². The molecule has 2 nitrogen and oxygen atoms in total. The molecular weight excluding hydrogens is 432 g/mol. The Morgan fingerprint density at radius 3 is 2.26 bits per heavy atom. The summed E-state index contributed by atoms with van der Waals surface area (Å²) in [7, 11) is 12.0. The number of rotatable bonds is 3. The number of hydrogen-bond donors (Lipinski definition) is 1. The van der Waals surface area contributed by atoms with Gasteiger partial charge in [0.2, 0.25) is 0 Å². The Bertz CT molecular complexity index is 817. The van der Waals surface area contributed by atoms with Crippen LogP contribution in [0.25, 0.3) is 0 Å². The monoisotopic (exact) mass is 459 g/mol. The average Bonchev–Trinajstić information content (AvgIpc) is 2.58. The molecule has 0 aliphatic rings. The van der Waals surface area contributed by atoms with Gasteiger partial charge in [-0.15, -0.1) is 0 Å². The van der Waals surface area contributed by atoms with Gasteiger partial charge in [-0.05, 0) is 48.7 Å². The Kier molecular flexibility index (Phi) is 10.0. The number of benzene rings is 2. The van der Waals surface area contributed by atoms with E-state index in [0.717, 1.165) is 16.6 Å². The van der Waals surface area contributed by atoms with Crippen LogP contribution in [0, 0.1) is 13.8 Å². The maximum absolute atomic E-state index is 10.9. The molecule has 6 heteroatoms. The van der Waals surface area contributed by atoms with Crippen LogP contribution in [0.1, 0.15) is 49.9 Å². The van der Waals surface area contributed by atoms with Crippen LogP contribution in [0.3, 0.4) is 0 Å². The Hall–Kier alpha value is -0.366. The second-order valence-corrected chi connectivity index (χ2v) is 11.3. The molecule has 0 radical (unpaired) electrons. The maximum atomic E-state index is 10.9. The van der Waals surface area contributed by atoms with Crippen molar-refractivity contribution in [3.8, 4) is 5.75 Å². The third-order valence-electron chi connectivity index (χ3n) is 4.32. The fraction of sp³-hybridized carbons (Fsp3) is 0.381. The molecule has 0 spiro atoms. The Balaban J connectivity index is 0.00000114. The second-order valence-electron chi connectivity index (χ2n) is 7.46. The summed E-state index contributed by atoms with van der Waals surface area (Å²) in [6.45, 7) is 12.7. The number of halogens is 2. The van der Waals surface area contributed by atoms with Gasteiger partial charge in [-0.25, -0.2) is 0 Å². The van der Waals surface area contributed by atoms with Crippen LogP contribution in [0.4, 0.5) is 0 Å². The molecule has 2 rings (SSSR count).